The van der Waals surface area contributed by atoms with Crippen LogP contribution in [0.25, 0.3) is 0 Å². The van der Waals surface area contributed by atoms with Gasteiger partial charge in [-0.2, -0.15) is 0 Å². The van der Waals surface area contributed by atoms with Gasteiger partial charge in [-0.15, -0.1) is 0 Å². The van der Waals surface area contributed by atoms with Crippen LogP contribution in [0, 0.1) is 6.92 Å². The number of unbranched alkanes of at least 4 members (excludes halogenated alkanes) is 12. The Morgan fingerprint density at radius 3 is 1.85 bits per heavy atom. The van der Waals surface area contributed by atoms with E-state index in [2.05, 4.69) is 22.4 Å². The number of aromatic nitrogens is 3. The van der Waals surface area contributed by atoms with Gasteiger partial charge in [0.25, 0.3) is 17.6 Å². The molecule has 0 amide bonds. The maximum absolute atomic E-state index is 11.0. The minimum atomic E-state index is -1.24. The van der Waals surface area contributed by atoms with E-state index in [4.69, 9.17) is 32.9 Å². The molecule has 11 nitrogen and oxygen atoms in total. The van der Waals surface area contributed by atoms with Gasteiger partial charge in [0.05, 0.1) is 6.07 Å². The summed E-state index contributed by atoms with van der Waals surface area (Å²) in [4.78, 5) is 11.0. The van der Waals surface area contributed by atoms with Gasteiger partial charge in [0, 0.05) is 18.6 Å². The average molecular weight is 562 g/mol. The second kappa shape index (κ2) is 18.0. The Morgan fingerprint density at radius 2 is 1.30 bits per heavy atom. The largest absolute Gasteiger partial charge is 0.475 e. The predicted octanol–water partition coefficient (Wildman–Crippen LogP) is 7.20. The quantitative estimate of drug-likeness (QED) is 0.117. The van der Waals surface area contributed by atoms with Crippen molar-refractivity contribution >= 4 is 5.97 Å². The Labute approximate surface area is 235 Å². The number of carboxylic acids is 1. The fourth-order valence-electron chi connectivity index (χ4n) is 4.27. The van der Waals surface area contributed by atoms with Gasteiger partial charge in [-0.1, -0.05) is 84.0 Å². The normalized spacial score (nSPS) is 11.9. The molecule has 3 rings (SSSR count). The van der Waals surface area contributed by atoms with E-state index in [1.54, 1.807) is 19.1 Å². The van der Waals surface area contributed by atoms with Crippen molar-refractivity contribution in [1.82, 2.24) is 15.5 Å². The molecule has 11 heteroatoms. The summed E-state index contributed by atoms with van der Waals surface area (Å²) in [5.74, 6) is 0.444. The lowest BCUT2D eigenvalue weighted by atomic mass is 10.0. The number of hydrogen-bond donors (Lipinski definition) is 1. The van der Waals surface area contributed by atoms with Crippen molar-refractivity contribution in [1.29, 1.82) is 0 Å². The number of carboxylic acid groups (broad SMARTS) is 1. The van der Waals surface area contributed by atoms with E-state index in [9.17, 15) is 4.79 Å². The summed E-state index contributed by atoms with van der Waals surface area (Å²) in [5, 5.41) is 20.4. The number of carbonyl (C=O) groups is 1. The molecule has 0 saturated heterocycles. The summed E-state index contributed by atoms with van der Waals surface area (Å²) in [6.07, 6.45) is 17.2. The maximum atomic E-state index is 11.0. The Kier molecular flexibility index (Phi) is 13.9. The molecule has 0 aliphatic carbocycles. The molecular formula is C29H43N3O8. The first-order chi connectivity index (χ1) is 19.5. The van der Waals surface area contributed by atoms with E-state index < -0.39 is 12.1 Å². The Morgan fingerprint density at radius 1 is 0.750 bits per heavy atom. The highest BCUT2D eigenvalue weighted by molar-refractivity contribution is 5.84. The molecule has 1 unspecified atom stereocenters. The van der Waals surface area contributed by atoms with Crippen LogP contribution in [0.15, 0.2) is 31.8 Å². The molecule has 0 aromatic carbocycles. The second-order valence-corrected chi connectivity index (χ2v) is 10.1. The van der Waals surface area contributed by atoms with Crippen LogP contribution in [-0.4, -0.2) is 45.9 Å². The molecule has 40 heavy (non-hydrogen) atoms. The van der Waals surface area contributed by atoms with Gasteiger partial charge in [0.1, 0.15) is 24.7 Å². The number of ether oxygens (including phenoxy) is 3. The summed E-state index contributed by atoms with van der Waals surface area (Å²) < 4.78 is 32.3. The molecule has 1 N–H and O–H groups in total. The first-order valence-electron chi connectivity index (χ1n) is 14.5. The summed E-state index contributed by atoms with van der Waals surface area (Å²) >= 11 is 0. The van der Waals surface area contributed by atoms with Crippen LogP contribution in [0.5, 0.6) is 17.6 Å². The first kappa shape index (κ1) is 31.0. The summed E-state index contributed by atoms with van der Waals surface area (Å²) in [6.45, 7) is 4.07. The molecule has 0 radical (unpaired) electrons. The Hall–Kier alpha value is -3.50. The van der Waals surface area contributed by atoms with Crippen LogP contribution >= 0.6 is 0 Å². The average Bonchev–Trinajstić information content (AvgIpc) is 3.70. The summed E-state index contributed by atoms with van der Waals surface area (Å²) in [6, 6.07) is 4.60. The molecule has 222 valence electrons. The van der Waals surface area contributed by atoms with Crippen molar-refractivity contribution in [3.8, 4) is 17.6 Å². The zero-order valence-corrected chi connectivity index (χ0v) is 23.8. The maximum Gasteiger partial charge on any atom is 0.374 e. The van der Waals surface area contributed by atoms with E-state index in [0.29, 0.717) is 11.6 Å². The molecule has 0 spiro atoms. The van der Waals surface area contributed by atoms with Gasteiger partial charge in [-0.25, -0.2) is 4.79 Å². The van der Waals surface area contributed by atoms with Crippen molar-refractivity contribution in [2.75, 3.05) is 13.2 Å². The summed E-state index contributed by atoms with van der Waals surface area (Å²) in [5.41, 5.74) is 0. The highest BCUT2D eigenvalue weighted by Crippen LogP contribution is 2.19. The zero-order valence-electron chi connectivity index (χ0n) is 23.8. The molecule has 1 atom stereocenters. The van der Waals surface area contributed by atoms with Gasteiger partial charge in [0.2, 0.25) is 5.76 Å². The minimum Gasteiger partial charge on any atom is -0.475 e. The van der Waals surface area contributed by atoms with Crippen molar-refractivity contribution in [2.24, 2.45) is 0 Å². The van der Waals surface area contributed by atoms with Crippen LogP contribution in [0.2, 0.25) is 0 Å². The van der Waals surface area contributed by atoms with Crippen LogP contribution in [-0.2, 0) is 6.42 Å². The highest BCUT2D eigenvalue weighted by atomic mass is 16.6. The zero-order chi connectivity index (χ0) is 28.4. The minimum absolute atomic E-state index is 0.0127. The van der Waals surface area contributed by atoms with E-state index in [0.717, 1.165) is 18.6 Å². The van der Waals surface area contributed by atoms with Crippen LogP contribution in [0.1, 0.15) is 112 Å². The number of nitrogens with zero attached hydrogens (tertiary/aromatic N) is 3. The molecule has 0 aliphatic rings. The third-order valence-corrected chi connectivity index (χ3v) is 6.49. The number of hydrogen-bond acceptors (Lipinski definition) is 10. The molecular weight excluding hydrogens is 518 g/mol. The second-order valence-electron chi connectivity index (χ2n) is 10.1. The lowest BCUT2D eigenvalue weighted by Crippen LogP contribution is -2.31. The molecule has 0 aliphatic heterocycles. The van der Waals surface area contributed by atoms with Crippen molar-refractivity contribution in [3.05, 3.63) is 35.5 Å². The first-order valence-corrected chi connectivity index (χ1v) is 14.5. The van der Waals surface area contributed by atoms with Crippen LogP contribution < -0.4 is 14.2 Å². The van der Waals surface area contributed by atoms with Crippen molar-refractivity contribution in [2.45, 2.75) is 110 Å². The number of aromatic carboxylic acids is 1. The third kappa shape index (κ3) is 12.1. The molecule has 0 bridgehead atoms. The fraction of sp³-hybridized carbons (Fsp3) is 0.655. The standard InChI is InChI=1S/C29H43N3O8/c1-3-4-5-6-7-8-9-10-11-12-13-14-15-16-23-18-26(30-39-23)35-20-24(37-28-17-22(2)38-32-28)21-36-27-19-25(29(33)34)40-31-27/h17-19,24H,3-16,20-21H2,1-2H3,(H,33,34). The van der Waals surface area contributed by atoms with Crippen molar-refractivity contribution < 1.29 is 37.7 Å². The Bertz CT molecular complexity index is 1090. The fourth-order valence-corrected chi connectivity index (χ4v) is 4.27. The van der Waals surface area contributed by atoms with Gasteiger partial charge < -0.3 is 32.9 Å². The SMILES string of the molecule is CCCCCCCCCCCCCCCc1cc(OCC(COc2cc(C(=O)O)on2)Oc2cc(C)on2)no1. The van der Waals surface area contributed by atoms with Gasteiger partial charge in [-0.05, 0) is 28.8 Å². The van der Waals surface area contributed by atoms with E-state index >= 15 is 0 Å². The van der Waals surface area contributed by atoms with Gasteiger partial charge >= 0.3 is 5.97 Å². The van der Waals surface area contributed by atoms with Crippen molar-refractivity contribution in [3.63, 3.8) is 0 Å². The lowest BCUT2D eigenvalue weighted by Gasteiger charge is -2.16. The monoisotopic (exact) mass is 561 g/mol. The van der Waals surface area contributed by atoms with E-state index in [-0.39, 0.29) is 30.7 Å². The molecule has 0 saturated carbocycles. The highest BCUT2D eigenvalue weighted by Gasteiger charge is 2.19. The van der Waals surface area contributed by atoms with Crippen LogP contribution in [0.3, 0.4) is 0 Å². The molecule has 0 fully saturated rings. The molecule has 3 heterocycles. The van der Waals surface area contributed by atoms with Crippen LogP contribution in [0.4, 0.5) is 0 Å². The van der Waals surface area contributed by atoms with E-state index in [1.165, 1.54) is 83.1 Å². The Balaban J connectivity index is 1.31. The number of rotatable bonds is 23. The van der Waals surface area contributed by atoms with E-state index in [1.807, 2.05) is 0 Å². The van der Waals surface area contributed by atoms with Gasteiger partial charge in [-0.3, -0.25) is 0 Å². The number of aryl methyl sites for hydroxylation is 2. The predicted molar refractivity (Wildman–Crippen MR) is 146 cm³/mol. The smallest absolute Gasteiger partial charge is 0.374 e. The molecule has 3 aromatic rings. The topological polar surface area (TPSA) is 143 Å². The van der Waals surface area contributed by atoms with Gasteiger partial charge in [0.15, 0.2) is 6.10 Å². The third-order valence-electron chi connectivity index (χ3n) is 6.49. The lowest BCUT2D eigenvalue weighted by molar-refractivity contribution is 0.0645. The molecule has 3 aromatic heterocycles. The summed E-state index contributed by atoms with van der Waals surface area (Å²) in [7, 11) is 0.